The maximum absolute atomic E-state index is 12.1. The number of aliphatic hydroxyl groups excluding tert-OH is 2. The minimum Gasteiger partial charge on any atom is -0.388 e. The molecule has 16 heteroatoms. The molecule has 1 amide bonds. The number of amides is 1. The molecule has 3 rings (SSSR count). The Bertz CT molecular complexity index is 922. The topological polar surface area (TPSA) is 199 Å². The predicted octanol–water partition coefficient (Wildman–Crippen LogP) is -0.162. The Hall–Kier alpha value is -0.890. The van der Waals surface area contributed by atoms with Gasteiger partial charge in [0, 0.05) is 17.7 Å². The molecule has 2 saturated heterocycles. The van der Waals surface area contributed by atoms with Crippen LogP contribution in [0.2, 0.25) is 0 Å². The second-order valence-electron chi connectivity index (χ2n) is 7.23. The quantitative estimate of drug-likeness (QED) is 0.204. The van der Waals surface area contributed by atoms with E-state index in [1.807, 2.05) is 4.57 Å². The zero-order valence-electron chi connectivity index (χ0n) is 16.7. The summed E-state index contributed by atoms with van der Waals surface area (Å²) in [6.45, 7) is -1.06. The third-order valence-corrected chi connectivity index (χ3v) is 8.96. The molecule has 0 spiro atoms. The van der Waals surface area contributed by atoms with Crippen molar-refractivity contribution in [1.82, 2.24) is 0 Å². The molecule has 2 unspecified atom stereocenters. The van der Waals surface area contributed by atoms with Crippen molar-refractivity contribution in [3.05, 3.63) is 30.1 Å². The number of thioether (sulfide) groups is 1. The highest BCUT2D eigenvalue weighted by atomic mass is 32.2. The fraction of sp³-hybridized carbons (Fsp3) is 0.625. The predicted molar refractivity (Wildman–Crippen MR) is 109 cm³/mol. The van der Waals surface area contributed by atoms with Crippen LogP contribution in [0.1, 0.15) is 28.6 Å². The third-order valence-electron chi connectivity index (χ3n) is 4.81. The first-order valence-corrected chi connectivity index (χ1v) is 13.5. The van der Waals surface area contributed by atoms with Crippen molar-refractivity contribution in [2.75, 3.05) is 19.8 Å². The molecule has 32 heavy (non-hydrogen) atoms. The number of aromatic nitrogens is 1. The molecule has 2 aliphatic rings. The molecule has 0 radical (unpaired) electrons. The van der Waals surface area contributed by atoms with Gasteiger partial charge in [0.15, 0.2) is 12.4 Å². The van der Waals surface area contributed by atoms with E-state index in [0.717, 1.165) is 0 Å². The van der Waals surface area contributed by atoms with Gasteiger partial charge in [0.25, 0.3) is 5.91 Å². The number of hydrogen-bond donors (Lipinski definition) is 5. The second-order valence-corrected chi connectivity index (χ2v) is 11.8. The molecule has 7 atom stereocenters. The minimum absolute atomic E-state index is 0.0534. The van der Waals surface area contributed by atoms with Gasteiger partial charge >= 0.3 is 15.6 Å². The van der Waals surface area contributed by atoms with Gasteiger partial charge < -0.3 is 30.5 Å². The molecule has 2 fully saturated rings. The largest absolute Gasteiger partial charge is 0.481 e. The maximum atomic E-state index is 12.1. The van der Waals surface area contributed by atoms with Gasteiger partial charge in [0.05, 0.1) is 19.8 Å². The van der Waals surface area contributed by atoms with E-state index in [0.29, 0.717) is 18.4 Å². The third kappa shape index (κ3) is 7.05. The lowest BCUT2D eigenvalue weighted by atomic mass is 10.2. The first kappa shape index (κ1) is 25.7. The second kappa shape index (κ2) is 10.6. The van der Waals surface area contributed by atoms with Gasteiger partial charge in [0.2, 0.25) is 5.37 Å². The van der Waals surface area contributed by atoms with Crippen LogP contribution < -0.4 is 10.3 Å². The summed E-state index contributed by atoms with van der Waals surface area (Å²) in [6.07, 6.45) is 1.11. The minimum atomic E-state index is -5.01. The van der Waals surface area contributed by atoms with Gasteiger partial charge in [-0.3, -0.25) is 13.8 Å². The number of hydrogen-bond acceptors (Lipinski definition) is 10. The van der Waals surface area contributed by atoms with E-state index in [1.54, 1.807) is 24.5 Å². The van der Waals surface area contributed by atoms with Crippen LogP contribution in [-0.4, -0.2) is 69.3 Å². The first-order chi connectivity index (χ1) is 15.0. The number of phosphoric acid groups is 2. The number of pyridine rings is 1. The molecule has 180 valence electrons. The molecule has 1 aromatic heterocycles. The van der Waals surface area contributed by atoms with E-state index in [4.69, 9.17) is 15.0 Å². The number of carbonyl (C=O) groups is 1. The number of phosphoric ester groups is 2. The lowest BCUT2D eigenvalue weighted by Gasteiger charge is -2.19. The molecule has 13 nitrogen and oxygen atoms in total. The van der Waals surface area contributed by atoms with Gasteiger partial charge in [-0.2, -0.15) is 8.88 Å². The van der Waals surface area contributed by atoms with Crippen LogP contribution in [0.5, 0.6) is 0 Å². The highest BCUT2D eigenvalue weighted by Crippen LogP contribution is 2.61. The smallest absolute Gasteiger partial charge is 0.388 e. The van der Waals surface area contributed by atoms with Gasteiger partial charge in [-0.25, -0.2) is 9.13 Å². The lowest BCUT2D eigenvalue weighted by Crippen LogP contribution is -2.37. The normalized spacial score (nSPS) is 31.8. The molecule has 0 saturated carbocycles. The summed E-state index contributed by atoms with van der Waals surface area (Å²) in [4.78, 5) is 30.8. The number of primary amides is 1. The number of rotatable bonds is 10. The highest BCUT2D eigenvalue weighted by Gasteiger charge is 2.41. The van der Waals surface area contributed by atoms with Crippen molar-refractivity contribution in [3.63, 3.8) is 0 Å². The zero-order chi connectivity index (χ0) is 23.5. The fourth-order valence-electron chi connectivity index (χ4n) is 3.18. The molecule has 0 bridgehead atoms. The van der Waals surface area contributed by atoms with Crippen molar-refractivity contribution in [2.24, 2.45) is 5.73 Å². The van der Waals surface area contributed by atoms with Crippen molar-refractivity contribution in [2.45, 2.75) is 41.8 Å². The van der Waals surface area contributed by atoms with Gasteiger partial charge in [-0.15, -0.1) is 0 Å². The van der Waals surface area contributed by atoms with Crippen LogP contribution >= 0.6 is 27.4 Å². The van der Waals surface area contributed by atoms with Crippen molar-refractivity contribution < 1.29 is 56.6 Å². The highest BCUT2D eigenvalue weighted by molar-refractivity contribution is 8.00. The average Bonchev–Trinajstić information content (AvgIpc) is 3.32. The molecule has 1 aromatic rings. The summed E-state index contributed by atoms with van der Waals surface area (Å²) in [7, 11) is -9.95. The van der Waals surface area contributed by atoms with Crippen LogP contribution in [0.25, 0.3) is 0 Å². The Morgan fingerprint density at radius 1 is 1.22 bits per heavy atom. The first-order valence-electron chi connectivity index (χ1n) is 9.55. The van der Waals surface area contributed by atoms with E-state index in [2.05, 4.69) is 8.83 Å². The van der Waals surface area contributed by atoms with Gasteiger partial charge in [-0.1, -0.05) is 11.8 Å². The molecule has 0 aromatic carbocycles. The molecule has 3 heterocycles. The van der Waals surface area contributed by atoms with Crippen molar-refractivity contribution in [1.29, 1.82) is 0 Å². The summed E-state index contributed by atoms with van der Waals surface area (Å²) in [5.41, 5.74) is 5.64. The number of nitrogens with zero attached hydrogens (tertiary/aromatic N) is 1. The number of nitrogens with two attached hydrogens (primary N) is 1. The standard InChI is InChI=1S/C16H24N2O11P2S/c17-16(21)10-2-1-5-18(6-10)14-4-3-11(32-14)7-27-30(22,23)29-31(24,25)28-9-13-15(20)12(19)8-26-13/h1-2,5-6,11-15,19-20H,3-4,7-9H2,(H3-,17,21,22,23,24,25)/p+1/t11-,12-,13+,14+,15-/m0/s1. The monoisotopic (exact) mass is 515 g/mol. The van der Waals surface area contributed by atoms with Crippen LogP contribution in [0.4, 0.5) is 0 Å². The van der Waals surface area contributed by atoms with E-state index >= 15 is 0 Å². The Labute approximate surface area is 187 Å². The lowest BCUT2D eigenvalue weighted by molar-refractivity contribution is -0.699. The van der Waals surface area contributed by atoms with E-state index in [-0.39, 0.29) is 23.8 Å². The maximum Gasteiger partial charge on any atom is 0.481 e. The van der Waals surface area contributed by atoms with Crippen LogP contribution in [0.15, 0.2) is 24.5 Å². The molecule has 6 N–H and O–H groups in total. The summed E-state index contributed by atoms with van der Waals surface area (Å²) >= 11 is 1.44. The Morgan fingerprint density at radius 2 is 1.91 bits per heavy atom. The number of aliphatic hydroxyl groups is 2. The van der Waals surface area contributed by atoms with E-state index in [1.165, 1.54) is 11.8 Å². The van der Waals surface area contributed by atoms with Gasteiger partial charge in [-0.05, 0) is 12.5 Å². The van der Waals surface area contributed by atoms with E-state index in [9.17, 15) is 33.9 Å². The Balaban J connectivity index is 1.46. The summed E-state index contributed by atoms with van der Waals surface area (Å²) < 4.78 is 44.5. The molecule has 0 aliphatic carbocycles. The average molecular weight is 515 g/mol. The van der Waals surface area contributed by atoms with E-state index < -0.39 is 46.5 Å². The SMILES string of the molecule is NC(=O)c1ccc[n+]([C@H]2CC[C@@H](COP(=O)(O)OP(=O)(O)OC[C@H]3OC[C@H](O)[C@@H]3O)S2)c1. The number of carbonyl (C=O) groups excluding carboxylic acids is 1. The van der Waals surface area contributed by atoms with Crippen molar-refractivity contribution in [3.8, 4) is 0 Å². The summed E-state index contributed by atoms with van der Waals surface area (Å²) in [5.74, 6) is -0.554. The number of ether oxygens (including phenoxy) is 1. The fourth-order valence-corrected chi connectivity index (χ4v) is 6.81. The van der Waals surface area contributed by atoms with Crippen LogP contribution in [-0.2, 0) is 27.2 Å². The van der Waals surface area contributed by atoms with Crippen LogP contribution in [0, 0.1) is 0 Å². The molecule has 2 aliphatic heterocycles. The Kier molecular flexibility index (Phi) is 8.51. The summed E-state index contributed by atoms with van der Waals surface area (Å²) in [6, 6.07) is 3.28. The Morgan fingerprint density at radius 3 is 2.53 bits per heavy atom. The molecular formula is C16H25N2O11P2S+. The van der Waals surface area contributed by atoms with Gasteiger partial charge in [0.1, 0.15) is 23.9 Å². The van der Waals surface area contributed by atoms with Crippen molar-refractivity contribution >= 4 is 33.3 Å². The zero-order valence-corrected chi connectivity index (χ0v) is 19.3. The summed E-state index contributed by atoms with van der Waals surface area (Å²) in [5, 5.41) is 18.7. The van der Waals surface area contributed by atoms with Crippen LogP contribution in [0.3, 0.4) is 0 Å². The molecular weight excluding hydrogens is 490 g/mol.